The summed E-state index contributed by atoms with van der Waals surface area (Å²) >= 11 is 0. The smallest absolute Gasteiger partial charge is 0.410 e. The van der Waals surface area contributed by atoms with Crippen molar-refractivity contribution in [3.8, 4) is 0 Å². The molecular weight excluding hydrogens is 342 g/mol. The summed E-state index contributed by atoms with van der Waals surface area (Å²) in [5.41, 5.74) is -0.833. The van der Waals surface area contributed by atoms with Crippen LogP contribution >= 0.6 is 0 Å². The van der Waals surface area contributed by atoms with Crippen molar-refractivity contribution in [2.75, 3.05) is 26.7 Å². The van der Waals surface area contributed by atoms with Gasteiger partial charge in [-0.05, 0) is 57.7 Å². The third-order valence-electron chi connectivity index (χ3n) is 4.20. The molecule has 1 atom stereocenters. The van der Waals surface area contributed by atoms with Crippen molar-refractivity contribution in [2.45, 2.75) is 39.2 Å². The molecule has 0 bridgehead atoms. The van der Waals surface area contributed by atoms with Crippen molar-refractivity contribution >= 4 is 12.0 Å². The fraction of sp³-hybridized carbons (Fsp3) is 0.579. The van der Waals surface area contributed by atoms with E-state index < -0.39 is 29.2 Å². The molecule has 1 unspecified atom stereocenters. The minimum atomic E-state index is -0.732. The lowest BCUT2D eigenvalue weighted by atomic mass is 9.97. The number of carbonyl (C=O) groups is 2. The molecule has 1 heterocycles. The average molecular weight is 368 g/mol. The summed E-state index contributed by atoms with van der Waals surface area (Å²) < 4.78 is 32.5. The van der Waals surface area contributed by atoms with E-state index in [4.69, 9.17) is 4.74 Å². The van der Waals surface area contributed by atoms with Crippen molar-refractivity contribution in [1.29, 1.82) is 0 Å². The van der Waals surface area contributed by atoms with E-state index >= 15 is 0 Å². The maximum absolute atomic E-state index is 13.9. The van der Waals surface area contributed by atoms with Crippen LogP contribution in [0.25, 0.3) is 0 Å². The molecule has 0 aromatic heterocycles. The number of hydrogen-bond donors (Lipinski definition) is 0. The van der Waals surface area contributed by atoms with E-state index in [0.717, 1.165) is 31.0 Å². The first-order chi connectivity index (χ1) is 12.1. The Bertz CT molecular complexity index is 673. The van der Waals surface area contributed by atoms with Crippen LogP contribution in [-0.2, 0) is 4.74 Å². The van der Waals surface area contributed by atoms with Gasteiger partial charge in [-0.3, -0.25) is 4.79 Å². The molecule has 1 fully saturated rings. The van der Waals surface area contributed by atoms with E-state index in [2.05, 4.69) is 0 Å². The number of amides is 2. The van der Waals surface area contributed by atoms with Crippen molar-refractivity contribution in [1.82, 2.24) is 9.80 Å². The maximum atomic E-state index is 13.9. The summed E-state index contributed by atoms with van der Waals surface area (Å²) in [6, 6.07) is 2.87. The average Bonchev–Trinajstić information content (AvgIpc) is 2.55. The molecule has 0 N–H and O–H groups in total. The molecule has 0 radical (unpaired) electrons. The van der Waals surface area contributed by atoms with Gasteiger partial charge in [0.25, 0.3) is 5.91 Å². The Labute approximate surface area is 152 Å². The normalized spacial score (nSPS) is 17.8. The van der Waals surface area contributed by atoms with Crippen LogP contribution in [0.4, 0.5) is 13.6 Å². The summed E-state index contributed by atoms with van der Waals surface area (Å²) in [4.78, 5) is 27.6. The van der Waals surface area contributed by atoms with Gasteiger partial charge in [0.05, 0.1) is 5.56 Å². The van der Waals surface area contributed by atoms with Gasteiger partial charge in [0.2, 0.25) is 0 Å². The molecule has 144 valence electrons. The van der Waals surface area contributed by atoms with E-state index in [1.807, 2.05) is 0 Å². The number of piperidine rings is 1. The topological polar surface area (TPSA) is 49.9 Å². The Morgan fingerprint density at radius 2 is 2.00 bits per heavy atom. The number of rotatable bonds is 3. The number of hydrogen-bond acceptors (Lipinski definition) is 3. The van der Waals surface area contributed by atoms with Gasteiger partial charge in [-0.1, -0.05) is 0 Å². The Morgan fingerprint density at radius 3 is 2.65 bits per heavy atom. The second-order valence-corrected chi connectivity index (χ2v) is 7.74. The molecule has 1 aromatic carbocycles. The second kappa shape index (κ2) is 8.01. The molecule has 5 nitrogen and oxygen atoms in total. The quantitative estimate of drug-likeness (QED) is 0.818. The van der Waals surface area contributed by atoms with E-state index in [1.54, 1.807) is 27.8 Å². The molecular formula is C19H26F2N2O3. The fourth-order valence-corrected chi connectivity index (χ4v) is 3.03. The van der Waals surface area contributed by atoms with Gasteiger partial charge in [-0.15, -0.1) is 0 Å². The van der Waals surface area contributed by atoms with Crippen LogP contribution in [0.5, 0.6) is 0 Å². The number of benzene rings is 1. The first-order valence-electron chi connectivity index (χ1n) is 8.75. The highest BCUT2D eigenvalue weighted by Crippen LogP contribution is 2.21. The minimum absolute atomic E-state index is 0.0573. The molecule has 0 spiro atoms. The number of ether oxygens (including phenoxy) is 1. The molecule has 26 heavy (non-hydrogen) atoms. The third-order valence-corrected chi connectivity index (χ3v) is 4.20. The fourth-order valence-electron chi connectivity index (χ4n) is 3.03. The summed E-state index contributed by atoms with van der Waals surface area (Å²) in [7, 11) is 1.65. The number of nitrogens with zero attached hydrogens (tertiary/aromatic N) is 2. The highest BCUT2D eigenvalue weighted by atomic mass is 19.1. The molecule has 7 heteroatoms. The van der Waals surface area contributed by atoms with Crippen LogP contribution in [0, 0.1) is 17.6 Å². The minimum Gasteiger partial charge on any atom is -0.444 e. The van der Waals surface area contributed by atoms with Crippen molar-refractivity contribution in [3.63, 3.8) is 0 Å². The lowest BCUT2D eigenvalue weighted by Gasteiger charge is -2.35. The van der Waals surface area contributed by atoms with Crippen LogP contribution in [-0.4, -0.2) is 54.1 Å². The van der Waals surface area contributed by atoms with Crippen molar-refractivity contribution < 1.29 is 23.1 Å². The van der Waals surface area contributed by atoms with E-state index in [0.29, 0.717) is 19.6 Å². The SMILES string of the molecule is CN(CC1CCCN(C(=O)c2cc(F)ccc2F)C1)C(=O)OC(C)(C)C. The van der Waals surface area contributed by atoms with Gasteiger partial charge in [0.15, 0.2) is 0 Å². The summed E-state index contributed by atoms with van der Waals surface area (Å²) in [5.74, 6) is -1.84. The molecule has 2 rings (SSSR count). The summed E-state index contributed by atoms with van der Waals surface area (Å²) in [6.07, 6.45) is 1.18. The highest BCUT2D eigenvalue weighted by molar-refractivity contribution is 5.94. The van der Waals surface area contributed by atoms with Crippen LogP contribution in [0.15, 0.2) is 18.2 Å². The largest absolute Gasteiger partial charge is 0.444 e. The molecule has 1 aliphatic heterocycles. The molecule has 1 aromatic rings. The van der Waals surface area contributed by atoms with Gasteiger partial charge in [-0.25, -0.2) is 13.6 Å². The predicted molar refractivity (Wildman–Crippen MR) is 93.8 cm³/mol. The van der Waals surface area contributed by atoms with Crippen LogP contribution < -0.4 is 0 Å². The predicted octanol–water partition coefficient (Wildman–Crippen LogP) is 3.68. The Kier molecular flexibility index (Phi) is 6.21. The lowest BCUT2D eigenvalue weighted by Crippen LogP contribution is -2.45. The van der Waals surface area contributed by atoms with Gasteiger partial charge in [0.1, 0.15) is 17.2 Å². The molecule has 1 saturated heterocycles. The summed E-state index contributed by atoms with van der Waals surface area (Å²) in [6.45, 7) is 6.71. The molecule has 0 saturated carbocycles. The summed E-state index contributed by atoms with van der Waals surface area (Å²) in [5, 5.41) is 0. The van der Waals surface area contributed by atoms with Crippen molar-refractivity contribution in [3.05, 3.63) is 35.4 Å². The van der Waals surface area contributed by atoms with Crippen LogP contribution in [0.1, 0.15) is 44.0 Å². The highest BCUT2D eigenvalue weighted by Gasteiger charge is 2.29. The van der Waals surface area contributed by atoms with E-state index in [-0.39, 0.29) is 11.5 Å². The van der Waals surface area contributed by atoms with Crippen LogP contribution in [0.2, 0.25) is 0 Å². The second-order valence-electron chi connectivity index (χ2n) is 7.74. The van der Waals surface area contributed by atoms with Gasteiger partial charge in [-0.2, -0.15) is 0 Å². The van der Waals surface area contributed by atoms with Crippen LogP contribution in [0.3, 0.4) is 0 Å². The lowest BCUT2D eigenvalue weighted by molar-refractivity contribution is 0.0244. The Morgan fingerprint density at radius 1 is 1.31 bits per heavy atom. The Hall–Kier alpha value is -2.18. The first-order valence-corrected chi connectivity index (χ1v) is 8.75. The van der Waals surface area contributed by atoms with E-state index in [1.165, 1.54) is 9.80 Å². The van der Waals surface area contributed by atoms with Gasteiger partial charge < -0.3 is 14.5 Å². The zero-order valence-electron chi connectivity index (χ0n) is 15.7. The monoisotopic (exact) mass is 368 g/mol. The first kappa shape index (κ1) is 20.1. The molecule has 0 aliphatic carbocycles. The maximum Gasteiger partial charge on any atom is 0.410 e. The number of halogens is 2. The third kappa shape index (κ3) is 5.41. The molecule has 2 amide bonds. The van der Waals surface area contributed by atoms with E-state index in [9.17, 15) is 18.4 Å². The molecule has 1 aliphatic rings. The standard InChI is InChI=1S/C19H26F2N2O3/c1-19(2,3)26-18(25)22(4)11-13-6-5-9-23(12-13)17(24)15-10-14(20)7-8-16(15)21/h7-8,10,13H,5-6,9,11-12H2,1-4H3. The number of carbonyl (C=O) groups excluding carboxylic acids is 2. The Balaban J connectivity index is 1.99. The van der Waals surface area contributed by atoms with Gasteiger partial charge >= 0.3 is 6.09 Å². The van der Waals surface area contributed by atoms with Crippen molar-refractivity contribution in [2.24, 2.45) is 5.92 Å². The number of likely N-dealkylation sites (tertiary alicyclic amines) is 1. The zero-order chi connectivity index (χ0) is 19.5. The van der Waals surface area contributed by atoms with Gasteiger partial charge in [0, 0.05) is 26.7 Å². The zero-order valence-corrected chi connectivity index (χ0v) is 15.7.